The summed E-state index contributed by atoms with van der Waals surface area (Å²) in [6.45, 7) is 5.94. The van der Waals surface area contributed by atoms with Crippen LogP contribution in [0.15, 0.2) is 17.5 Å². The van der Waals surface area contributed by atoms with Crippen molar-refractivity contribution >= 4 is 23.2 Å². The molecule has 2 amide bonds. The molecule has 3 N–H and O–H groups in total. The van der Waals surface area contributed by atoms with Crippen molar-refractivity contribution in [1.82, 2.24) is 10.6 Å². The smallest absolute Gasteiger partial charge is 0.309 e. The molecule has 5 nitrogen and oxygen atoms in total. The third kappa shape index (κ3) is 5.00. The first kappa shape index (κ1) is 15.7. The Kier molecular flexibility index (Phi) is 5.50. The van der Waals surface area contributed by atoms with Crippen LogP contribution in [0.4, 0.5) is 0 Å². The summed E-state index contributed by atoms with van der Waals surface area (Å²) in [5, 5.41) is 17.0. The number of carbonyl (C=O) groups is 2. The van der Waals surface area contributed by atoms with Gasteiger partial charge in [0.05, 0.1) is 6.54 Å². The highest BCUT2D eigenvalue weighted by Crippen LogP contribution is 2.24. The molecule has 0 radical (unpaired) electrons. The van der Waals surface area contributed by atoms with Gasteiger partial charge in [-0.25, -0.2) is 0 Å². The molecule has 1 atom stereocenters. The van der Waals surface area contributed by atoms with Crippen molar-refractivity contribution in [2.75, 3.05) is 13.1 Å². The summed E-state index contributed by atoms with van der Waals surface area (Å²) < 4.78 is 0. The van der Waals surface area contributed by atoms with E-state index < -0.39 is 17.4 Å². The van der Waals surface area contributed by atoms with Crippen LogP contribution in [0.3, 0.4) is 0 Å². The Morgan fingerprint density at radius 1 is 1.37 bits per heavy atom. The molecule has 0 spiro atoms. The van der Waals surface area contributed by atoms with Crippen molar-refractivity contribution in [3.63, 3.8) is 0 Å². The lowest BCUT2D eigenvalue weighted by atomic mass is 10.1. The van der Waals surface area contributed by atoms with Crippen molar-refractivity contribution in [2.45, 2.75) is 26.4 Å². The van der Waals surface area contributed by atoms with Gasteiger partial charge >= 0.3 is 11.8 Å². The van der Waals surface area contributed by atoms with Gasteiger partial charge in [0.1, 0.15) is 5.60 Å². The fourth-order valence-corrected chi connectivity index (χ4v) is 2.17. The second-order valence-corrected chi connectivity index (χ2v) is 5.99. The van der Waals surface area contributed by atoms with Gasteiger partial charge in [0.2, 0.25) is 0 Å². The molecule has 1 aromatic rings. The van der Waals surface area contributed by atoms with Gasteiger partial charge in [0.25, 0.3) is 0 Å². The van der Waals surface area contributed by atoms with E-state index in [1.807, 2.05) is 25.3 Å². The molecule has 0 aliphatic heterocycles. The Labute approximate surface area is 117 Å². The SMILES string of the molecule is CC(C)CNC(=O)C(=O)NCC(C)(O)c1cccs1. The Bertz CT molecular complexity index is 427. The highest BCUT2D eigenvalue weighted by molar-refractivity contribution is 7.10. The number of amides is 2. The lowest BCUT2D eigenvalue weighted by Gasteiger charge is -2.22. The van der Waals surface area contributed by atoms with Gasteiger partial charge in [0, 0.05) is 11.4 Å². The molecule has 1 aromatic heterocycles. The lowest BCUT2D eigenvalue weighted by Crippen LogP contribution is -2.45. The van der Waals surface area contributed by atoms with Crippen molar-refractivity contribution in [1.29, 1.82) is 0 Å². The molecule has 0 saturated carbocycles. The third-order valence-corrected chi connectivity index (χ3v) is 3.65. The first-order chi connectivity index (χ1) is 8.83. The molecule has 1 unspecified atom stereocenters. The zero-order valence-electron chi connectivity index (χ0n) is 11.4. The van der Waals surface area contributed by atoms with Gasteiger partial charge in [-0.15, -0.1) is 11.3 Å². The van der Waals surface area contributed by atoms with E-state index in [1.165, 1.54) is 11.3 Å². The van der Waals surface area contributed by atoms with E-state index in [4.69, 9.17) is 0 Å². The van der Waals surface area contributed by atoms with Crippen LogP contribution in [0.2, 0.25) is 0 Å². The number of hydrogen-bond acceptors (Lipinski definition) is 4. The molecular formula is C13H20N2O3S. The summed E-state index contributed by atoms with van der Waals surface area (Å²) in [5.41, 5.74) is -1.16. The van der Waals surface area contributed by atoms with Crippen LogP contribution in [0.25, 0.3) is 0 Å². The largest absolute Gasteiger partial charge is 0.383 e. The summed E-state index contributed by atoms with van der Waals surface area (Å²) in [6.07, 6.45) is 0. The minimum atomic E-state index is -1.16. The quantitative estimate of drug-likeness (QED) is 0.701. The van der Waals surface area contributed by atoms with E-state index in [9.17, 15) is 14.7 Å². The van der Waals surface area contributed by atoms with Crippen molar-refractivity contribution < 1.29 is 14.7 Å². The highest BCUT2D eigenvalue weighted by Gasteiger charge is 2.26. The van der Waals surface area contributed by atoms with Gasteiger partial charge in [-0.2, -0.15) is 0 Å². The second-order valence-electron chi connectivity index (χ2n) is 5.04. The zero-order valence-corrected chi connectivity index (χ0v) is 12.2. The molecule has 6 heteroatoms. The van der Waals surface area contributed by atoms with Crippen LogP contribution in [-0.2, 0) is 15.2 Å². The molecule has 0 aromatic carbocycles. The standard InChI is InChI=1S/C13H20N2O3S/c1-9(2)7-14-11(16)12(17)15-8-13(3,18)10-5-4-6-19-10/h4-6,9,18H,7-8H2,1-3H3,(H,14,16)(H,15,17). The maximum atomic E-state index is 11.5. The average molecular weight is 284 g/mol. The molecule has 19 heavy (non-hydrogen) atoms. The number of thiophene rings is 1. The molecule has 1 rings (SSSR count). The van der Waals surface area contributed by atoms with Crippen molar-refractivity contribution in [3.8, 4) is 0 Å². The molecule has 0 saturated heterocycles. The van der Waals surface area contributed by atoms with Gasteiger partial charge in [-0.05, 0) is 24.3 Å². The predicted octanol–water partition coefficient (Wildman–Crippen LogP) is 0.844. The molecular weight excluding hydrogens is 264 g/mol. The number of aliphatic hydroxyl groups is 1. The number of hydrogen-bond donors (Lipinski definition) is 3. The van der Waals surface area contributed by atoms with Crippen LogP contribution in [0, 0.1) is 5.92 Å². The normalized spacial score (nSPS) is 13.9. The Morgan fingerprint density at radius 2 is 2.00 bits per heavy atom. The van der Waals surface area contributed by atoms with E-state index >= 15 is 0 Å². The minimum Gasteiger partial charge on any atom is -0.383 e. The molecule has 1 heterocycles. The Balaban J connectivity index is 2.43. The maximum Gasteiger partial charge on any atom is 0.309 e. The topological polar surface area (TPSA) is 78.4 Å². The Hall–Kier alpha value is -1.40. The minimum absolute atomic E-state index is 0.00143. The van der Waals surface area contributed by atoms with Crippen LogP contribution < -0.4 is 10.6 Å². The van der Waals surface area contributed by atoms with E-state index in [-0.39, 0.29) is 12.5 Å². The van der Waals surface area contributed by atoms with Gasteiger partial charge in [0.15, 0.2) is 0 Å². The number of rotatable bonds is 5. The van der Waals surface area contributed by atoms with Crippen LogP contribution in [-0.4, -0.2) is 30.0 Å². The number of nitrogens with one attached hydrogen (secondary N) is 2. The van der Waals surface area contributed by atoms with E-state index in [0.717, 1.165) is 4.88 Å². The maximum absolute atomic E-state index is 11.5. The van der Waals surface area contributed by atoms with Gasteiger partial charge in [-0.3, -0.25) is 9.59 Å². The van der Waals surface area contributed by atoms with Crippen molar-refractivity contribution in [2.24, 2.45) is 5.92 Å². The van der Waals surface area contributed by atoms with E-state index in [0.29, 0.717) is 6.54 Å². The first-order valence-electron chi connectivity index (χ1n) is 6.15. The van der Waals surface area contributed by atoms with Crippen LogP contribution in [0.5, 0.6) is 0 Å². The predicted molar refractivity (Wildman–Crippen MR) is 74.7 cm³/mol. The summed E-state index contributed by atoms with van der Waals surface area (Å²) in [7, 11) is 0. The van der Waals surface area contributed by atoms with Crippen molar-refractivity contribution in [3.05, 3.63) is 22.4 Å². The fraction of sp³-hybridized carbons (Fsp3) is 0.538. The van der Waals surface area contributed by atoms with E-state index in [2.05, 4.69) is 10.6 Å². The highest BCUT2D eigenvalue weighted by atomic mass is 32.1. The fourth-order valence-electron chi connectivity index (χ4n) is 1.38. The number of carbonyl (C=O) groups excluding carboxylic acids is 2. The van der Waals surface area contributed by atoms with Gasteiger partial charge in [-0.1, -0.05) is 19.9 Å². The van der Waals surface area contributed by atoms with Crippen LogP contribution >= 0.6 is 11.3 Å². The third-order valence-electron chi connectivity index (χ3n) is 2.52. The summed E-state index contributed by atoms with van der Waals surface area (Å²) >= 11 is 1.40. The lowest BCUT2D eigenvalue weighted by molar-refractivity contribution is -0.139. The second kappa shape index (κ2) is 6.68. The first-order valence-corrected chi connectivity index (χ1v) is 7.03. The summed E-state index contributed by atoms with van der Waals surface area (Å²) in [6, 6.07) is 3.61. The molecule has 0 bridgehead atoms. The molecule has 106 valence electrons. The Morgan fingerprint density at radius 3 is 2.53 bits per heavy atom. The monoisotopic (exact) mass is 284 g/mol. The van der Waals surface area contributed by atoms with Gasteiger partial charge < -0.3 is 15.7 Å². The molecule has 0 aliphatic rings. The van der Waals surface area contributed by atoms with E-state index in [1.54, 1.807) is 13.0 Å². The molecule has 0 aliphatic carbocycles. The molecule has 0 fully saturated rings. The average Bonchev–Trinajstić information content (AvgIpc) is 2.87. The zero-order chi connectivity index (χ0) is 14.5. The summed E-state index contributed by atoms with van der Waals surface area (Å²) in [5.74, 6) is -1.11. The van der Waals surface area contributed by atoms with Crippen LogP contribution in [0.1, 0.15) is 25.6 Å². The summed E-state index contributed by atoms with van der Waals surface area (Å²) in [4.78, 5) is 23.7.